The molecule has 0 unspecified atom stereocenters. The summed E-state index contributed by atoms with van der Waals surface area (Å²) in [6.45, 7) is 6.26. The van der Waals surface area contributed by atoms with Crippen molar-refractivity contribution in [3.8, 4) is 5.75 Å². The summed E-state index contributed by atoms with van der Waals surface area (Å²) < 4.78 is 5.60. The van der Waals surface area contributed by atoms with Gasteiger partial charge in [-0.25, -0.2) is 4.99 Å². The molecule has 1 heterocycles. The zero-order valence-corrected chi connectivity index (χ0v) is 19.4. The summed E-state index contributed by atoms with van der Waals surface area (Å²) >= 11 is 0. The van der Waals surface area contributed by atoms with Crippen molar-refractivity contribution in [1.82, 2.24) is 20.5 Å². The first-order chi connectivity index (χ1) is 15.5. The Morgan fingerprint density at radius 1 is 1.16 bits per heavy atom. The van der Waals surface area contributed by atoms with E-state index in [2.05, 4.69) is 53.9 Å². The molecule has 0 aliphatic heterocycles. The summed E-state index contributed by atoms with van der Waals surface area (Å²) in [5.74, 6) is 1.37. The Balaban J connectivity index is 1.56. The molecule has 7 nitrogen and oxygen atoms in total. The molecule has 170 valence electrons. The lowest BCUT2D eigenvalue weighted by atomic mass is 10.1. The molecule has 0 fully saturated rings. The van der Waals surface area contributed by atoms with Gasteiger partial charge in [-0.05, 0) is 55.2 Å². The van der Waals surface area contributed by atoms with Crippen molar-refractivity contribution in [2.75, 3.05) is 33.8 Å². The smallest absolute Gasteiger partial charge is 0.259 e. The van der Waals surface area contributed by atoms with Crippen LogP contribution in [0.1, 0.15) is 23.6 Å². The average molecular weight is 436 g/mol. The maximum absolute atomic E-state index is 11.7. The van der Waals surface area contributed by atoms with Crippen molar-refractivity contribution >= 4 is 22.8 Å². The number of aliphatic imine (C=N–C) groups is 1. The van der Waals surface area contributed by atoms with Crippen LogP contribution < -0.4 is 15.4 Å². The third kappa shape index (κ3) is 6.51. The number of nitrogens with zero attached hydrogens (tertiary/aromatic N) is 2. The fraction of sp³-hybridized carbons (Fsp3) is 0.360. The first-order valence-electron chi connectivity index (χ1n) is 11.0. The molecule has 1 amide bonds. The number of likely N-dealkylation sites (N-methyl/N-ethyl adjacent to an activating group) is 1. The van der Waals surface area contributed by atoms with Gasteiger partial charge in [-0.3, -0.25) is 4.79 Å². The molecule has 7 heteroatoms. The van der Waals surface area contributed by atoms with Crippen LogP contribution in [0.3, 0.4) is 0 Å². The summed E-state index contributed by atoms with van der Waals surface area (Å²) in [6, 6.07) is 14.2. The summed E-state index contributed by atoms with van der Waals surface area (Å²) in [4.78, 5) is 21.3. The molecule has 0 saturated carbocycles. The average Bonchev–Trinajstić information content (AvgIpc) is 3.17. The number of hydrogen-bond acceptors (Lipinski definition) is 3. The Morgan fingerprint density at radius 3 is 2.78 bits per heavy atom. The highest BCUT2D eigenvalue weighted by molar-refractivity contribution is 5.84. The van der Waals surface area contributed by atoms with E-state index >= 15 is 0 Å². The second kappa shape index (κ2) is 11.2. The lowest BCUT2D eigenvalue weighted by Gasteiger charge is -2.12. The van der Waals surface area contributed by atoms with Crippen molar-refractivity contribution in [2.24, 2.45) is 4.99 Å². The summed E-state index contributed by atoms with van der Waals surface area (Å²) in [5.41, 5.74) is 4.74. The van der Waals surface area contributed by atoms with Crippen LogP contribution in [-0.4, -0.2) is 55.5 Å². The van der Waals surface area contributed by atoms with Gasteiger partial charge in [0.2, 0.25) is 0 Å². The SMILES string of the molecule is CCNC(=NCc1cccc(OCC(=O)N(C)C)c1)NCCc1c[nH]c2cc(C)ccc12. The summed E-state index contributed by atoms with van der Waals surface area (Å²) in [5, 5.41) is 7.98. The van der Waals surface area contributed by atoms with E-state index in [0.29, 0.717) is 12.3 Å². The Bertz CT molecular complexity index is 1070. The van der Waals surface area contributed by atoms with E-state index in [1.165, 1.54) is 26.9 Å². The third-order valence-corrected chi connectivity index (χ3v) is 5.13. The van der Waals surface area contributed by atoms with E-state index in [-0.39, 0.29) is 12.5 Å². The van der Waals surface area contributed by atoms with Gasteiger partial charge in [-0.1, -0.05) is 24.3 Å². The van der Waals surface area contributed by atoms with E-state index in [1.807, 2.05) is 24.3 Å². The van der Waals surface area contributed by atoms with Gasteiger partial charge >= 0.3 is 0 Å². The molecule has 32 heavy (non-hydrogen) atoms. The van der Waals surface area contributed by atoms with Gasteiger partial charge in [-0.15, -0.1) is 0 Å². The molecule has 3 rings (SSSR count). The number of aromatic nitrogens is 1. The molecular formula is C25H33N5O2. The second-order valence-corrected chi connectivity index (χ2v) is 7.96. The number of hydrogen-bond donors (Lipinski definition) is 3. The standard InChI is InChI=1S/C25H33N5O2/c1-5-26-25(27-12-11-20-16-28-23-13-18(2)9-10-22(20)23)29-15-19-7-6-8-21(14-19)32-17-24(31)30(3)4/h6-10,13-14,16,28H,5,11-12,15,17H2,1-4H3,(H2,26,27,29). The number of carbonyl (C=O) groups excluding carboxylic acids is 1. The molecule has 0 aliphatic rings. The van der Waals surface area contributed by atoms with E-state index in [1.54, 1.807) is 14.1 Å². The van der Waals surface area contributed by atoms with Crippen LogP contribution in [0.2, 0.25) is 0 Å². The topological polar surface area (TPSA) is 81.8 Å². The highest BCUT2D eigenvalue weighted by atomic mass is 16.5. The number of fused-ring (bicyclic) bond motifs is 1. The fourth-order valence-electron chi connectivity index (χ4n) is 3.34. The molecule has 1 aromatic heterocycles. The van der Waals surface area contributed by atoms with Crippen molar-refractivity contribution < 1.29 is 9.53 Å². The van der Waals surface area contributed by atoms with E-state index in [4.69, 9.17) is 9.73 Å². The van der Waals surface area contributed by atoms with Gasteiger partial charge < -0.3 is 25.3 Å². The summed E-state index contributed by atoms with van der Waals surface area (Å²) in [6.07, 6.45) is 2.99. The minimum absolute atomic E-state index is 0.0251. The molecule has 0 bridgehead atoms. The van der Waals surface area contributed by atoms with E-state index < -0.39 is 0 Å². The first-order valence-corrected chi connectivity index (χ1v) is 11.0. The fourth-order valence-corrected chi connectivity index (χ4v) is 3.34. The maximum atomic E-state index is 11.7. The number of amides is 1. The highest BCUT2D eigenvalue weighted by Gasteiger charge is 2.06. The third-order valence-electron chi connectivity index (χ3n) is 5.13. The lowest BCUT2D eigenvalue weighted by Crippen LogP contribution is -2.38. The zero-order valence-electron chi connectivity index (χ0n) is 19.4. The van der Waals surface area contributed by atoms with Crippen LogP contribution in [0.15, 0.2) is 53.7 Å². The Kier molecular flexibility index (Phi) is 8.14. The van der Waals surface area contributed by atoms with Gasteiger partial charge in [-0.2, -0.15) is 0 Å². The zero-order chi connectivity index (χ0) is 22.9. The monoisotopic (exact) mass is 435 g/mol. The van der Waals surface area contributed by atoms with Gasteiger partial charge in [0.15, 0.2) is 12.6 Å². The van der Waals surface area contributed by atoms with Crippen molar-refractivity contribution in [2.45, 2.75) is 26.8 Å². The predicted octanol–water partition coefficient (Wildman–Crippen LogP) is 3.24. The van der Waals surface area contributed by atoms with E-state index in [9.17, 15) is 4.79 Å². The second-order valence-electron chi connectivity index (χ2n) is 7.96. The van der Waals surface area contributed by atoms with Crippen LogP contribution >= 0.6 is 0 Å². The van der Waals surface area contributed by atoms with Crippen LogP contribution in [0, 0.1) is 6.92 Å². The van der Waals surface area contributed by atoms with Crippen LogP contribution in [0.25, 0.3) is 10.9 Å². The highest BCUT2D eigenvalue weighted by Crippen LogP contribution is 2.19. The maximum Gasteiger partial charge on any atom is 0.259 e. The van der Waals surface area contributed by atoms with Gasteiger partial charge in [0.1, 0.15) is 5.75 Å². The first kappa shape index (κ1) is 23.2. The number of benzene rings is 2. The molecule has 3 aromatic rings. The number of ether oxygens (including phenoxy) is 1. The minimum Gasteiger partial charge on any atom is -0.484 e. The van der Waals surface area contributed by atoms with Crippen LogP contribution in [0.5, 0.6) is 5.75 Å². The molecule has 3 N–H and O–H groups in total. The number of H-pyrrole nitrogens is 1. The van der Waals surface area contributed by atoms with Crippen molar-refractivity contribution in [3.05, 3.63) is 65.4 Å². The van der Waals surface area contributed by atoms with Crippen molar-refractivity contribution in [1.29, 1.82) is 0 Å². The molecule has 0 saturated heterocycles. The Labute approximate surface area is 189 Å². The van der Waals surface area contributed by atoms with Crippen molar-refractivity contribution in [3.63, 3.8) is 0 Å². The number of aryl methyl sites for hydroxylation is 1. The van der Waals surface area contributed by atoms with Crippen LogP contribution in [-0.2, 0) is 17.8 Å². The molecule has 0 atom stereocenters. The van der Waals surface area contributed by atoms with Gasteiger partial charge in [0.05, 0.1) is 6.54 Å². The lowest BCUT2D eigenvalue weighted by molar-refractivity contribution is -0.130. The normalized spacial score (nSPS) is 11.4. The summed E-state index contributed by atoms with van der Waals surface area (Å²) in [7, 11) is 3.43. The number of rotatable bonds is 9. The van der Waals surface area contributed by atoms with E-state index in [0.717, 1.165) is 31.0 Å². The number of aromatic amines is 1. The number of carbonyl (C=O) groups is 1. The van der Waals surface area contributed by atoms with Gasteiger partial charge in [0, 0.05) is 44.3 Å². The Morgan fingerprint density at radius 2 is 2.00 bits per heavy atom. The Hall–Kier alpha value is -3.48. The number of guanidine groups is 1. The molecular weight excluding hydrogens is 402 g/mol. The molecule has 2 aromatic carbocycles. The quantitative estimate of drug-likeness (QED) is 0.356. The number of nitrogens with one attached hydrogen (secondary N) is 3. The predicted molar refractivity (Wildman–Crippen MR) is 130 cm³/mol. The largest absolute Gasteiger partial charge is 0.484 e. The van der Waals surface area contributed by atoms with Crippen LogP contribution in [0.4, 0.5) is 0 Å². The molecule has 0 radical (unpaired) electrons. The van der Waals surface area contributed by atoms with Gasteiger partial charge in [0.25, 0.3) is 5.91 Å². The molecule has 0 spiro atoms. The molecule has 0 aliphatic carbocycles. The minimum atomic E-state index is -0.0719.